The van der Waals surface area contributed by atoms with Crippen molar-refractivity contribution in [3.63, 3.8) is 0 Å². The molecule has 0 amide bonds. The van der Waals surface area contributed by atoms with Crippen LogP contribution >= 0.6 is 0 Å². The molecular weight excluding hydrogens is 482 g/mol. The van der Waals surface area contributed by atoms with Crippen LogP contribution in [0.3, 0.4) is 0 Å². The molecule has 10 nitrogen and oxygen atoms in total. The van der Waals surface area contributed by atoms with Crippen LogP contribution in [0.15, 0.2) is 53.6 Å². The first kappa shape index (κ1) is 24.8. The van der Waals surface area contributed by atoms with Crippen molar-refractivity contribution < 1.29 is 9.47 Å². The molecule has 3 atom stereocenters. The zero-order valence-electron chi connectivity index (χ0n) is 21.6. The molecule has 198 valence electrons. The van der Waals surface area contributed by atoms with Gasteiger partial charge in [0.2, 0.25) is 0 Å². The highest BCUT2D eigenvalue weighted by molar-refractivity contribution is 5.79. The van der Waals surface area contributed by atoms with Crippen molar-refractivity contribution >= 4 is 10.9 Å². The number of rotatable bonds is 9. The molecule has 3 aromatic heterocycles. The fourth-order valence-corrected chi connectivity index (χ4v) is 5.59. The van der Waals surface area contributed by atoms with Crippen LogP contribution in [0.2, 0.25) is 0 Å². The first-order valence-electron chi connectivity index (χ1n) is 13.4. The minimum atomic E-state index is -0.495. The van der Waals surface area contributed by atoms with Gasteiger partial charge in [-0.15, -0.1) is 5.10 Å². The molecule has 10 heteroatoms. The Morgan fingerprint density at radius 1 is 1.13 bits per heavy atom. The van der Waals surface area contributed by atoms with E-state index in [1.807, 2.05) is 42.1 Å². The maximum absolute atomic E-state index is 13.7. The second-order valence-corrected chi connectivity index (χ2v) is 10.3. The Labute approximate surface area is 221 Å². The van der Waals surface area contributed by atoms with Gasteiger partial charge in [-0.25, -0.2) is 4.68 Å². The third kappa shape index (κ3) is 5.38. The lowest BCUT2D eigenvalue weighted by molar-refractivity contribution is 0.0555. The molecule has 2 saturated heterocycles. The normalized spacial score (nSPS) is 20.5. The number of H-pyrrole nitrogens is 1. The molecule has 4 aromatic rings. The van der Waals surface area contributed by atoms with Crippen LogP contribution in [0.1, 0.15) is 54.2 Å². The van der Waals surface area contributed by atoms with Crippen LogP contribution in [-0.2, 0) is 22.6 Å². The van der Waals surface area contributed by atoms with Crippen molar-refractivity contribution in [1.82, 2.24) is 35.1 Å². The Morgan fingerprint density at radius 2 is 1.97 bits per heavy atom. The van der Waals surface area contributed by atoms with E-state index in [9.17, 15) is 4.79 Å². The minimum absolute atomic E-state index is 0.0562. The molecule has 0 spiro atoms. The van der Waals surface area contributed by atoms with E-state index in [1.165, 1.54) is 0 Å². The number of tetrazole rings is 1. The van der Waals surface area contributed by atoms with E-state index in [0.29, 0.717) is 31.0 Å². The van der Waals surface area contributed by atoms with Crippen LogP contribution in [0, 0.1) is 6.92 Å². The summed E-state index contributed by atoms with van der Waals surface area (Å²) >= 11 is 0. The molecule has 0 bridgehead atoms. The van der Waals surface area contributed by atoms with E-state index in [-0.39, 0.29) is 17.8 Å². The van der Waals surface area contributed by atoms with Crippen LogP contribution in [0.5, 0.6) is 0 Å². The van der Waals surface area contributed by atoms with Gasteiger partial charge >= 0.3 is 0 Å². The number of hydrogen-bond acceptors (Lipinski definition) is 8. The lowest BCUT2D eigenvalue weighted by atomic mass is 10.0. The van der Waals surface area contributed by atoms with Crippen molar-refractivity contribution in [2.75, 3.05) is 19.8 Å². The topological polar surface area (TPSA) is 111 Å². The highest BCUT2D eigenvalue weighted by Crippen LogP contribution is 2.30. The van der Waals surface area contributed by atoms with Gasteiger partial charge in [-0.3, -0.25) is 14.7 Å². The highest BCUT2D eigenvalue weighted by atomic mass is 16.5. The first-order valence-corrected chi connectivity index (χ1v) is 13.4. The fourth-order valence-electron chi connectivity index (χ4n) is 5.59. The van der Waals surface area contributed by atoms with Gasteiger partial charge < -0.3 is 14.5 Å². The number of hydrogen-bond donors (Lipinski definition) is 1. The van der Waals surface area contributed by atoms with Crippen molar-refractivity contribution in [2.24, 2.45) is 0 Å². The maximum Gasteiger partial charge on any atom is 0.253 e. The Hall–Kier alpha value is -3.47. The van der Waals surface area contributed by atoms with E-state index in [4.69, 9.17) is 9.47 Å². The number of nitrogens with one attached hydrogen (secondary N) is 1. The van der Waals surface area contributed by atoms with Crippen molar-refractivity contribution in [2.45, 2.75) is 63.9 Å². The van der Waals surface area contributed by atoms with E-state index in [1.54, 1.807) is 6.20 Å². The van der Waals surface area contributed by atoms with Crippen molar-refractivity contribution in [3.8, 4) is 0 Å². The third-order valence-corrected chi connectivity index (χ3v) is 7.47. The van der Waals surface area contributed by atoms with Crippen LogP contribution in [-0.4, -0.2) is 67.0 Å². The summed E-state index contributed by atoms with van der Waals surface area (Å²) in [5.41, 5.74) is 3.40. The zero-order valence-corrected chi connectivity index (χ0v) is 21.6. The van der Waals surface area contributed by atoms with Crippen LogP contribution in [0.25, 0.3) is 10.9 Å². The number of pyridine rings is 2. The molecule has 3 unspecified atom stereocenters. The fraction of sp³-hybridized carbons (Fsp3) is 0.464. The van der Waals surface area contributed by atoms with E-state index < -0.39 is 6.04 Å². The highest BCUT2D eigenvalue weighted by Gasteiger charge is 2.34. The number of aryl methyl sites for hydroxylation is 1. The lowest BCUT2D eigenvalue weighted by Crippen LogP contribution is -2.39. The SMILES string of the molecule is Cc1ccc2cc(C(c3nnnn3CC3CCCO3)N(Cc3cccnc3)CC3CCCO3)c(=O)[nH]c2c1. The van der Waals surface area contributed by atoms with Gasteiger partial charge in [0.05, 0.1) is 18.8 Å². The Morgan fingerprint density at radius 3 is 2.74 bits per heavy atom. The maximum atomic E-state index is 13.7. The quantitative estimate of drug-likeness (QED) is 0.362. The van der Waals surface area contributed by atoms with Crippen molar-refractivity contribution in [1.29, 1.82) is 0 Å². The van der Waals surface area contributed by atoms with Gasteiger partial charge in [-0.05, 0) is 77.7 Å². The van der Waals surface area contributed by atoms with Gasteiger partial charge in [0.15, 0.2) is 5.82 Å². The Bertz CT molecular complexity index is 1430. The summed E-state index contributed by atoms with van der Waals surface area (Å²) in [7, 11) is 0. The predicted octanol–water partition coefficient (Wildman–Crippen LogP) is 3.17. The smallest absolute Gasteiger partial charge is 0.253 e. The summed E-state index contributed by atoms with van der Waals surface area (Å²) in [5.74, 6) is 0.624. The van der Waals surface area contributed by atoms with E-state index in [2.05, 4.69) is 42.5 Å². The van der Waals surface area contributed by atoms with E-state index in [0.717, 1.165) is 60.9 Å². The molecule has 1 aromatic carbocycles. The predicted molar refractivity (Wildman–Crippen MR) is 142 cm³/mol. The summed E-state index contributed by atoms with van der Waals surface area (Å²) in [6.07, 6.45) is 7.76. The molecule has 0 radical (unpaired) electrons. The molecule has 0 saturated carbocycles. The monoisotopic (exact) mass is 515 g/mol. The second kappa shape index (κ2) is 11.1. The van der Waals surface area contributed by atoms with Gasteiger partial charge in [0, 0.05) is 49.8 Å². The van der Waals surface area contributed by atoms with Gasteiger partial charge in [-0.2, -0.15) is 0 Å². The zero-order chi connectivity index (χ0) is 25.9. The van der Waals surface area contributed by atoms with E-state index >= 15 is 0 Å². The first-order chi connectivity index (χ1) is 18.6. The average Bonchev–Trinajstić information content (AvgIpc) is 3.70. The second-order valence-electron chi connectivity index (χ2n) is 10.3. The van der Waals surface area contributed by atoms with Gasteiger partial charge in [-0.1, -0.05) is 18.2 Å². The number of fused-ring (bicyclic) bond motifs is 1. The van der Waals surface area contributed by atoms with Crippen molar-refractivity contribution in [3.05, 3.63) is 81.7 Å². The summed E-state index contributed by atoms with van der Waals surface area (Å²) in [6.45, 7) is 5.27. The standard InChI is InChI=1S/C28H33N7O3/c1-19-8-9-21-14-24(28(36)30-25(21)13-19)26(27-31-32-33-35(27)18-23-7-4-12-38-23)34(17-22-6-3-11-37-22)16-20-5-2-10-29-15-20/h2,5,8-10,13-15,22-23,26H,3-4,6-7,11-12,16-18H2,1H3,(H,30,36). The molecule has 1 N–H and O–H groups in total. The number of aromatic amines is 1. The summed E-state index contributed by atoms with van der Waals surface area (Å²) in [5, 5.41) is 13.9. The molecule has 6 rings (SSSR count). The Balaban J connectivity index is 1.47. The number of aromatic nitrogens is 6. The average molecular weight is 516 g/mol. The Kier molecular flexibility index (Phi) is 7.26. The molecule has 38 heavy (non-hydrogen) atoms. The third-order valence-electron chi connectivity index (χ3n) is 7.47. The number of benzene rings is 1. The van der Waals surface area contributed by atoms with Crippen LogP contribution < -0.4 is 5.56 Å². The lowest BCUT2D eigenvalue weighted by Gasteiger charge is -2.32. The molecule has 2 fully saturated rings. The molecule has 0 aliphatic carbocycles. The number of nitrogens with zero attached hydrogens (tertiary/aromatic N) is 6. The number of ether oxygens (including phenoxy) is 2. The molecule has 2 aliphatic rings. The molecule has 2 aliphatic heterocycles. The summed E-state index contributed by atoms with van der Waals surface area (Å²) < 4.78 is 13.8. The summed E-state index contributed by atoms with van der Waals surface area (Å²) in [6, 6.07) is 11.6. The summed E-state index contributed by atoms with van der Waals surface area (Å²) in [4.78, 5) is 23.4. The largest absolute Gasteiger partial charge is 0.377 e. The molecular formula is C28H33N7O3. The van der Waals surface area contributed by atoms with Gasteiger partial charge in [0.25, 0.3) is 5.56 Å². The minimum Gasteiger partial charge on any atom is -0.377 e. The van der Waals surface area contributed by atoms with Crippen LogP contribution in [0.4, 0.5) is 0 Å². The van der Waals surface area contributed by atoms with Gasteiger partial charge in [0.1, 0.15) is 6.04 Å². The molecule has 5 heterocycles.